The van der Waals surface area contributed by atoms with E-state index in [9.17, 15) is 18.0 Å². The Hall–Kier alpha value is -2.50. The lowest BCUT2D eigenvalue weighted by atomic mass is 10.1. The summed E-state index contributed by atoms with van der Waals surface area (Å²) in [4.78, 5) is 12.0. The van der Waals surface area contributed by atoms with Gasteiger partial charge in [-0.15, -0.1) is 0 Å². The average molecular weight is 309 g/mol. The number of carbonyl (C=O) groups is 1. The Morgan fingerprint density at radius 1 is 1.09 bits per heavy atom. The molecule has 0 aliphatic carbocycles. The molecular weight excluding hydrogens is 295 g/mol. The van der Waals surface area contributed by atoms with Crippen LogP contribution in [-0.4, -0.2) is 12.5 Å². The highest BCUT2D eigenvalue weighted by Crippen LogP contribution is 2.32. The van der Waals surface area contributed by atoms with Crippen molar-refractivity contribution in [2.45, 2.75) is 13.1 Å². The molecule has 2 aromatic carbocycles. The van der Waals surface area contributed by atoms with Gasteiger partial charge in [-0.2, -0.15) is 13.2 Å². The first-order valence-electron chi connectivity index (χ1n) is 6.62. The van der Waals surface area contributed by atoms with Crippen molar-refractivity contribution in [2.24, 2.45) is 0 Å². The summed E-state index contributed by atoms with van der Waals surface area (Å²) in [7, 11) is 0. The fraction of sp³-hybridized carbons (Fsp3) is 0.188. The second-order valence-electron chi connectivity index (χ2n) is 4.45. The molecule has 0 saturated carbocycles. The van der Waals surface area contributed by atoms with Crippen LogP contribution >= 0.6 is 0 Å². The molecule has 0 unspecified atom stereocenters. The normalized spacial score (nSPS) is 11.1. The third kappa shape index (κ3) is 3.78. The first-order valence-corrected chi connectivity index (χ1v) is 6.62. The molecule has 2 rings (SSSR count). The Bertz CT molecular complexity index is 651. The Balaban J connectivity index is 2.19. The molecule has 0 atom stereocenters. The van der Waals surface area contributed by atoms with E-state index in [0.29, 0.717) is 18.0 Å². The molecule has 2 aromatic rings. The molecule has 1 amide bonds. The minimum Gasteiger partial charge on any atom is -0.494 e. The lowest BCUT2D eigenvalue weighted by molar-refractivity contribution is -0.137. The van der Waals surface area contributed by atoms with Gasteiger partial charge in [-0.1, -0.05) is 12.1 Å². The number of anilines is 1. The smallest absolute Gasteiger partial charge is 0.417 e. The first kappa shape index (κ1) is 15.9. The molecule has 22 heavy (non-hydrogen) atoms. The monoisotopic (exact) mass is 309 g/mol. The van der Waals surface area contributed by atoms with Crippen molar-refractivity contribution in [1.29, 1.82) is 0 Å². The first-order chi connectivity index (χ1) is 10.4. The fourth-order valence-electron chi connectivity index (χ4n) is 1.93. The van der Waals surface area contributed by atoms with Gasteiger partial charge in [0, 0.05) is 5.69 Å². The van der Waals surface area contributed by atoms with Crippen LogP contribution in [-0.2, 0) is 6.18 Å². The highest BCUT2D eigenvalue weighted by atomic mass is 19.4. The summed E-state index contributed by atoms with van der Waals surface area (Å²) in [6, 6.07) is 11.1. The van der Waals surface area contributed by atoms with Gasteiger partial charge in [-0.3, -0.25) is 4.79 Å². The standard InChI is InChI=1S/C16H14F3NO2/c1-2-22-12-9-7-11(8-10-12)20-15(21)13-5-3-4-6-14(13)16(17,18)19/h3-10H,2H2,1H3,(H,20,21). The van der Waals surface area contributed by atoms with Crippen LogP contribution in [0.25, 0.3) is 0 Å². The van der Waals surface area contributed by atoms with Crippen molar-refractivity contribution in [3.05, 3.63) is 59.7 Å². The van der Waals surface area contributed by atoms with Crippen LogP contribution in [0.2, 0.25) is 0 Å². The number of carbonyl (C=O) groups excluding carboxylic acids is 1. The number of ether oxygens (including phenoxy) is 1. The van der Waals surface area contributed by atoms with Gasteiger partial charge >= 0.3 is 6.18 Å². The summed E-state index contributed by atoms with van der Waals surface area (Å²) in [5.41, 5.74) is -0.979. The van der Waals surface area contributed by atoms with E-state index in [1.165, 1.54) is 12.1 Å². The van der Waals surface area contributed by atoms with E-state index in [1.54, 1.807) is 24.3 Å². The van der Waals surface area contributed by atoms with Gasteiger partial charge in [0.1, 0.15) is 5.75 Å². The van der Waals surface area contributed by atoms with Crippen LogP contribution in [0.15, 0.2) is 48.5 Å². The minimum absolute atomic E-state index is 0.394. The summed E-state index contributed by atoms with van der Waals surface area (Å²) in [6.07, 6.45) is -4.58. The van der Waals surface area contributed by atoms with E-state index in [0.717, 1.165) is 12.1 Å². The molecule has 3 nitrogen and oxygen atoms in total. The molecule has 0 heterocycles. The number of hydrogen-bond donors (Lipinski definition) is 1. The molecule has 0 radical (unpaired) electrons. The van der Waals surface area contributed by atoms with Crippen molar-refractivity contribution in [1.82, 2.24) is 0 Å². The van der Waals surface area contributed by atoms with Crippen molar-refractivity contribution in [3.8, 4) is 5.75 Å². The predicted molar refractivity (Wildman–Crippen MR) is 77.0 cm³/mol. The minimum atomic E-state index is -4.58. The van der Waals surface area contributed by atoms with Gasteiger partial charge in [0.05, 0.1) is 17.7 Å². The maximum absolute atomic E-state index is 12.9. The molecule has 0 aromatic heterocycles. The SMILES string of the molecule is CCOc1ccc(NC(=O)c2ccccc2C(F)(F)F)cc1. The van der Waals surface area contributed by atoms with Crippen LogP contribution < -0.4 is 10.1 Å². The Kier molecular flexibility index (Phi) is 4.70. The maximum atomic E-state index is 12.9. The Morgan fingerprint density at radius 3 is 2.32 bits per heavy atom. The number of amides is 1. The van der Waals surface area contributed by atoms with Crippen LogP contribution in [0.1, 0.15) is 22.8 Å². The van der Waals surface area contributed by atoms with Gasteiger partial charge in [0.25, 0.3) is 5.91 Å². The lowest BCUT2D eigenvalue weighted by Crippen LogP contribution is -2.18. The molecule has 0 saturated heterocycles. The van der Waals surface area contributed by atoms with Crippen molar-refractivity contribution in [2.75, 3.05) is 11.9 Å². The number of benzene rings is 2. The van der Waals surface area contributed by atoms with Gasteiger partial charge in [0.2, 0.25) is 0 Å². The third-order valence-corrected chi connectivity index (χ3v) is 2.90. The second kappa shape index (κ2) is 6.51. The summed E-state index contributed by atoms with van der Waals surface area (Å²) < 4.78 is 43.9. The molecular formula is C16H14F3NO2. The molecule has 116 valence electrons. The van der Waals surface area contributed by atoms with E-state index in [2.05, 4.69) is 5.32 Å². The largest absolute Gasteiger partial charge is 0.494 e. The lowest BCUT2D eigenvalue weighted by Gasteiger charge is -2.13. The number of alkyl halides is 3. The summed E-state index contributed by atoms with van der Waals surface area (Å²) in [6.45, 7) is 2.34. The molecule has 0 fully saturated rings. The average Bonchev–Trinajstić information content (AvgIpc) is 2.48. The summed E-state index contributed by atoms with van der Waals surface area (Å²) in [5, 5.41) is 2.45. The zero-order valence-electron chi connectivity index (χ0n) is 11.8. The second-order valence-corrected chi connectivity index (χ2v) is 4.45. The third-order valence-electron chi connectivity index (χ3n) is 2.90. The molecule has 0 aliphatic heterocycles. The highest BCUT2D eigenvalue weighted by molar-refractivity contribution is 6.05. The zero-order chi connectivity index (χ0) is 16.2. The van der Waals surface area contributed by atoms with Crippen molar-refractivity contribution in [3.63, 3.8) is 0 Å². The maximum Gasteiger partial charge on any atom is 0.417 e. The van der Waals surface area contributed by atoms with E-state index in [4.69, 9.17) is 4.74 Å². The number of hydrogen-bond acceptors (Lipinski definition) is 2. The van der Waals surface area contributed by atoms with Crippen LogP contribution in [0.3, 0.4) is 0 Å². The Morgan fingerprint density at radius 2 is 1.73 bits per heavy atom. The zero-order valence-corrected chi connectivity index (χ0v) is 11.8. The topological polar surface area (TPSA) is 38.3 Å². The quantitative estimate of drug-likeness (QED) is 0.911. The van der Waals surface area contributed by atoms with E-state index < -0.39 is 23.2 Å². The van der Waals surface area contributed by atoms with Gasteiger partial charge in [-0.25, -0.2) is 0 Å². The van der Waals surface area contributed by atoms with Crippen LogP contribution in [0.4, 0.5) is 18.9 Å². The van der Waals surface area contributed by atoms with Crippen molar-refractivity contribution >= 4 is 11.6 Å². The Labute approximate surface area is 125 Å². The van der Waals surface area contributed by atoms with Crippen molar-refractivity contribution < 1.29 is 22.7 Å². The van der Waals surface area contributed by atoms with Crippen LogP contribution in [0, 0.1) is 0 Å². The van der Waals surface area contributed by atoms with E-state index in [-0.39, 0.29) is 0 Å². The summed E-state index contributed by atoms with van der Waals surface area (Å²) >= 11 is 0. The van der Waals surface area contributed by atoms with Gasteiger partial charge in [0.15, 0.2) is 0 Å². The number of halogens is 3. The van der Waals surface area contributed by atoms with Crippen LogP contribution in [0.5, 0.6) is 5.75 Å². The van der Waals surface area contributed by atoms with E-state index >= 15 is 0 Å². The molecule has 1 N–H and O–H groups in total. The molecule has 0 bridgehead atoms. The predicted octanol–water partition coefficient (Wildman–Crippen LogP) is 4.36. The number of nitrogens with one attached hydrogen (secondary N) is 1. The fourth-order valence-corrected chi connectivity index (χ4v) is 1.93. The van der Waals surface area contributed by atoms with Gasteiger partial charge < -0.3 is 10.1 Å². The molecule has 0 spiro atoms. The summed E-state index contributed by atoms with van der Waals surface area (Å²) in [5.74, 6) is -0.187. The van der Waals surface area contributed by atoms with Gasteiger partial charge in [-0.05, 0) is 43.3 Å². The van der Waals surface area contributed by atoms with E-state index in [1.807, 2.05) is 6.92 Å². The highest BCUT2D eigenvalue weighted by Gasteiger charge is 2.34. The molecule has 0 aliphatic rings. The number of rotatable bonds is 4. The molecule has 6 heteroatoms.